The molecule has 0 unspecified atom stereocenters. The van der Waals surface area contributed by atoms with Crippen molar-refractivity contribution in [2.24, 2.45) is 11.8 Å². The number of nitrogens with one attached hydrogen (secondary N) is 1. The van der Waals surface area contributed by atoms with Crippen LogP contribution >= 0.6 is 0 Å². The fraction of sp³-hybridized carbons (Fsp3) is 0.875. The van der Waals surface area contributed by atoms with Crippen LogP contribution in [0.1, 0.15) is 64.0 Å². The molecule has 1 aliphatic carbocycles. The fourth-order valence-corrected chi connectivity index (χ4v) is 5.70. The van der Waals surface area contributed by atoms with Crippen LogP contribution in [0, 0.1) is 11.8 Å². The first-order valence-corrected chi connectivity index (χ1v) is 16.0. The van der Waals surface area contributed by atoms with Gasteiger partial charge in [-0.1, -0.05) is 33.5 Å². The Hall–Kier alpha value is -0.693. The summed E-state index contributed by atoms with van der Waals surface area (Å²) in [5, 5.41) is 8.31. The summed E-state index contributed by atoms with van der Waals surface area (Å²) in [6.45, 7) is 15.2. The molecule has 1 N–H and O–H groups in total. The highest BCUT2D eigenvalue weighted by molar-refractivity contribution is 6.76. The maximum atomic E-state index is 6.44. The second-order valence-corrected chi connectivity index (χ2v) is 16.6. The molecule has 0 aromatic carbocycles. The summed E-state index contributed by atoms with van der Waals surface area (Å²) in [5.41, 5.74) is 1.30. The van der Waals surface area contributed by atoms with Crippen molar-refractivity contribution in [1.82, 2.24) is 15.1 Å². The molecular weight excluding hydrogens is 390 g/mol. The van der Waals surface area contributed by atoms with Gasteiger partial charge < -0.3 is 14.8 Å². The Balaban J connectivity index is 1.50. The topological polar surface area (TPSA) is 48.3 Å². The molecule has 1 aliphatic heterocycles. The molecule has 2 aliphatic rings. The monoisotopic (exact) mass is 435 g/mol. The van der Waals surface area contributed by atoms with E-state index in [2.05, 4.69) is 54.7 Å². The Morgan fingerprint density at radius 1 is 1.17 bits per heavy atom. The van der Waals surface area contributed by atoms with Crippen LogP contribution in [0.4, 0.5) is 0 Å². The van der Waals surface area contributed by atoms with E-state index in [4.69, 9.17) is 9.47 Å². The number of ether oxygens (including phenoxy) is 2. The number of hydrogen-bond acceptors (Lipinski definition) is 4. The zero-order chi connectivity index (χ0) is 21.6. The highest BCUT2D eigenvalue weighted by Gasteiger charge is 2.31. The van der Waals surface area contributed by atoms with Gasteiger partial charge in [0.15, 0.2) is 0 Å². The fourth-order valence-electron chi connectivity index (χ4n) is 4.94. The Morgan fingerprint density at radius 3 is 2.63 bits per heavy atom. The van der Waals surface area contributed by atoms with Crippen LogP contribution in [-0.2, 0) is 16.2 Å². The van der Waals surface area contributed by atoms with Gasteiger partial charge in [-0.15, -0.1) is 0 Å². The Kier molecular flexibility index (Phi) is 8.99. The van der Waals surface area contributed by atoms with Crippen LogP contribution in [0.15, 0.2) is 12.3 Å². The average Bonchev–Trinajstić information content (AvgIpc) is 3.18. The lowest BCUT2D eigenvalue weighted by molar-refractivity contribution is -0.00470. The van der Waals surface area contributed by atoms with Crippen molar-refractivity contribution in [2.75, 3.05) is 19.8 Å². The van der Waals surface area contributed by atoms with Gasteiger partial charge in [-0.05, 0) is 69.0 Å². The molecular formula is C24H45N3O2Si. The molecule has 0 radical (unpaired) electrons. The van der Waals surface area contributed by atoms with Gasteiger partial charge in [0.05, 0.1) is 12.7 Å². The zero-order valence-electron chi connectivity index (χ0n) is 20.0. The maximum absolute atomic E-state index is 6.44. The molecule has 0 spiro atoms. The van der Waals surface area contributed by atoms with Crippen molar-refractivity contribution < 1.29 is 9.47 Å². The third-order valence-electron chi connectivity index (χ3n) is 7.10. The van der Waals surface area contributed by atoms with Crippen LogP contribution in [0.2, 0.25) is 25.7 Å². The molecule has 1 saturated carbocycles. The first-order chi connectivity index (χ1) is 14.3. The van der Waals surface area contributed by atoms with Gasteiger partial charge >= 0.3 is 0 Å². The number of rotatable bonds is 10. The van der Waals surface area contributed by atoms with E-state index in [1.807, 2.05) is 6.20 Å². The van der Waals surface area contributed by atoms with E-state index < -0.39 is 8.07 Å². The SMILES string of the molecule is CC(C)C1CCC(OC[C@@H]2NCCC[C@@H]2c2ccnn2COCC[Si](C)(C)C)CC1. The first kappa shape index (κ1) is 24.0. The second kappa shape index (κ2) is 11.3. The van der Waals surface area contributed by atoms with E-state index in [9.17, 15) is 0 Å². The van der Waals surface area contributed by atoms with E-state index in [0.29, 0.717) is 24.8 Å². The molecule has 30 heavy (non-hydrogen) atoms. The van der Waals surface area contributed by atoms with E-state index in [0.717, 1.165) is 31.6 Å². The van der Waals surface area contributed by atoms with Gasteiger partial charge in [0, 0.05) is 38.5 Å². The van der Waals surface area contributed by atoms with Gasteiger partial charge in [0.1, 0.15) is 6.73 Å². The Morgan fingerprint density at radius 2 is 1.93 bits per heavy atom. The lowest BCUT2D eigenvalue weighted by Gasteiger charge is -2.36. The third-order valence-corrected chi connectivity index (χ3v) is 8.80. The first-order valence-electron chi connectivity index (χ1n) is 12.3. The van der Waals surface area contributed by atoms with Gasteiger partial charge in [0.25, 0.3) is 0 Å². The van der Waals surface area contributed by atoms with Crippen LogP contribution in [-0.4, -0.2) is 49.8 Å². The molecule has 1 aromatic rings. The summed E-state index contributed by atoms with van der Waals surface area (Å²) in [7, 11) is -1.06. The molecule has 172 valence electrons. The van der Waals surface area contributed by atoms with E-state index in [1.54, 1.807) is 0 Å². The summed E-state index contributed by atoms with van der Waals surface area (Å²) in [6.07, 6.45) is 9.88. The molecule has 5 nitrogen and oxygen atoms in total. The Labute approximate surface area is 185 Å². The molecule has 3 rings (SSSR count). The standard InChI is InChI=1S/C24H45N3O2Si/c1-19(2)20-8-10-21(11-9-20)29-17-23-22(7-6-13-25-23)24-12-14-26-27(24)18-28-15-16-30(3,4)5/h12,14,19-23,25H,6-11,13,15-18H2,1-5H3/t20?,21?,22-,23-/m0/s1. The summed E-state index contributed by atoms with van der Waals surface area (Å²) in [4.78, 5) is 0. The normalized spacial score (nSPS) is 28.2. The molecule has 6 heteroatoms. The van der Waals surface area contributed by atoms with Gasteiger partial charge in [0.2, 0.25) is 0 Å². The van der Waals surface area contributed by atoms with Gasteiger partial charge in [-0.3, -0.25) is 0 Å². The second-order valence-electron chi connectivity index (χ2n) is 11.0. The lowest BCUT2D eigenvalue weighted by Crippen LogP contribution is -2.45. The molecule has 2 fully saturated rings. The van der Waals surface area contributed by atoms with Crippen LogP contribution < -0.4 is 5.32 Å². The smallest absolute Gasteiger partial charge is 0.139 e. The maximum Gasteiger partial charge on any atom is 0.139 e. The zero-order valence-corrected chi connectivity index (χ0v) is 21.0. The minimum atomic E-state index is -1.06. The summed E-state index contributed by atoms with van der Waals surface area (Å²) < 4.78 is 14.5. The average molecular weight is 436 g/mol. The summed E-state index contributed by atoms with van der Waals surface area (Å²) in [6, 6.07) is 3.75. The highest BCUT2D eigenvalue weighted by Crippen LogP contribution is 2.33. The molecule has 0 amide bonds. The predicted octanol–water partition coefficient (Wildman–Crippen LogP) is 5.26. The summed E-state index contributed by atoms with van der Waals surface area (Å²) >= 11 is 0. The van der Waals surface area contributed by atoms with Gasteiger partial charge in [-0.2, -0.15) is 5.10 Å². The van der Waals surface area contributed by atoms with Crippen molar-refractivity contribution in [1.29, 1.82) is 0 Å². The number of hydrogen-bond donors (Lipinski definition) is 1. The number of nitrogens with zero attached hydrogens (tertiary/aromatic N) is 2. The minimum absolute atomic E-state index is 0.374. The molecule has 2 atom stereocenters. The number of aromatic nitrogens is 2. The van der Waals surface area contributed by atoms with E-state index >= 15 is 0 Å². The molecule has 1 saturated heterocycles. The third kappa shape index (κ3) is 7.18. The highest BCUT2D eigenvalue weighted by atomic mass is 28.3. The van der Waals surface area contributed by atoms with Crippen LogP contribution in [0.3, 0.4) is 0 Å². The predicted molar refractivity (Wildman–Crippen MR) is 127 cm³/mol. The van der Waals surface area contributed by atoms with Crippen molar-refractivity contribution >= 4 is 8.07 Å². The van der Waals surface area contributed by atoms with Gasteiger partial charge in [-0.25, -0.2) is 4.68 Å². The van der Waals surface area contributed by atoms with E-state index in [1.165, 1.54) is 50.3 Å². The van der Waals surface area contributed by atoms with E-state index in [-0.39, 0.29) is 0 Å². The van der Waals surface area contributed by atoms with Crippen LogP contribution in [0.25, 0.3) is 0 Å². The molecule has 2 heterocycles. The minimum Gasteiger partial charge on any atom is -0.377 e. The van der Waals surface area contributed by atoms with Crippen molar-refractivity contribution in [3.05, 3.63) is 18.0 Å². The van der Waals surface area contributed by atoms with Crippen LogP contribution in [0.5, 0.6) is 0 Å². The molecule has 1 aromatic heterocycles. The lowest BCUT2D eigenvalue weighted by atomic mass is 9.80. The quantitative estimate of drug-likeness (QED) is 0.402. The number of piperidine rings is 1. The van der Waals surface area contributed by atoms with Crippen molar-refractivity contribution in [2.45, 2.75) is 103 Å². The summed E-state index contributed by atoms with van der Waals surface area (Å²) in [5.74, 6) is 2.15. The molecule has 0 bridgehead atoms. The Bertz CT molecular complexity index is 620. The van der Waals surface area contributed by atoms with Crippen molar-refractivity contribution in [3.8, 4) is 0 Å². The largest absolute Gasteiger partial charge is 0.377 e. The van der Waals surface area contributed by atoms with Crippen molar-refractivity contribution in [3.63, 3.8) is 0 Å².